The minimum Gasteiger partial charge on any atom is -0.290 e. The van der Waals surface area contributed by atoms with E-state index >= 15 is 0 Å². The van der Waals surface area contributed by atoms with Crippen LogP contribution in [0.25, 0.3) is 5.65 Å². The molecule has 3 aromatic heterocycles. The first-order valence-electron chi connectivity index (χ1n) is 6.19. The van der Waals surface area contributed by atoms with Gasteiger partial charge in [-0.25, -0.2) is 0 Å². The summed E-state index contributed by atoms with van der Waals surface area (Å²) >= 11 is 0. The summed E-state index contributed by atoms with van der Waals surface area (Å²) < 4.78 is 3.41. The van der Waals surface area contributed by atoms with Crippen LogP contribution in [0.5, 0.6) is 0 Å². The smallest absolute Gasteiger partial charge is 0.261 e. The van der Waals surface area contributed by atoms with Crippen molar-refractivity contribution in [2.45, 2.75) is 13.8 Å². The number of carbonyl (C=O) groups excluding carboxylic acids is 1. The molecule has 0 radical (unpaired) electrons. The topological polar surface area (TPSA) is 77.1 Å². The molecule has 0 spiro atoms. The fourth-order valence-electron chi connectivity index (χ4n) is 2.19. The Hall–Kier alpha value is -2.70. The van der Waals surface area contributed by atoms with Crippen molar-refractivity contribution in [2.24, 2.45) is 7.05 Å². The number of rotatable bonds is 2. The number of nitrogens with zero attached hydrogens (tertiary/aromatic N) is 5. The Bertz CT molecular complexity index is 800. The average Bonchev–Trinajstić information content (AvgIpc) is 2.92. The lowest BCUT2D eigenvalue weighted by Gasteiger charge is -2.03. The molecule has 0 aliphatic carbocycles. The van der Waals surface area contributed by atoms with Crippen molar-refractivity contribution in [3.05, 3.63) is 41.3 Å². The van der Waals surface area contributed by atoms with Crippen LogP contribution in [0.2, 0.25) is 0 Å². The van der Waals surface area contributed by atoms with Crippen molar-refractivity contribution in [1.29, 1.82) is 0 Å². The SMILES string of the molecule is Cc1nn(C)c(C)c1C(=O)Nc1nnc2ccccn12. The van der Waals surface area contributed by atoms with Crippen LogP contribution >= 0.6 is 0 Å². The summed E-state index contributed by atoms with van der Waals surface area (Å²) in [6.45, 7) is 3.67. The lowest BCUT2D eigenvalue weighted by molar-refractivity contribution is 0.102. The summed E-state index contributed by atoms with van der Waals surface area (Å²) in [5, 5.41) is 15.0. The van der Waals surface area contributed by atoms with Crippen molar-refractivity contribution in [2.75, 3.05) is 5.32 Å². The Morgan fingerprint density at radius 3 is 2.75 bits per heavy atom. The van der Waals surface area contributed by atoms with Crippen LogP contribution in [0, 0.1) is 13.8 Å². The summed E-state index contributed by atoms with van der Waals surface area (Å²) in [5.41, 5.74) is 2.76. The molecular weight excluding hydrogens is 256 g/mol. The predicted octanol–water partition coefficient (Wildman–Crippen LogP) is 1.33. The summed E-state index contributed by atoms with van der Waals surface area (Å²) in [4.78, 5) is 12.4. The van der Waals surface area contributed by atoms with Crippen molar-refractivity contribution in [1.82, 2.24) is 24.4 Å². The minimum absolute atomic E-state index is 0.230. The van der Waals surface area contributed by atoms with E-state index in [9.17, 15) is 4.79 Å². The van der Waals surface area contributed by atoms with Gasteiger partial charge in [-0.1, -0.05) is 6.07 Å². The molecule has 0 saturated carbocycles. The molecule has 3 aromatic rings. The first kappa shape index (κ1) is 12.3. The molecule has 0 unspecified atom stereocenters. The normalized spacial score (nSPS) is 10.9. The number of hydrogen-bond donors (Lipinski definition) is 1. The second kappa shape index (κ2) is 4.44. The van der Waals surface area contributed by atoms with Crippen molar-refractivity contribution in [3.8, 4) is 0 Å². The van der Waals surface area contributed by atoms with E-state index < -0.39 is 0 Å². The largest absolute Gasteiger partial charge is 0.290 e. The number of anilines is 1. The van der Waals surface area contributed by atoms with Gasteiger partial charge in [0.15, 0.2) is 5.65 Å². The van der Waals surface area contributed by atoms with E-state index in [1.165, 1.54) is 0 Å². The molecule has 0 aliphatic heterocycles. The van der Waals surface area contributed by atoms with Crippen LogP contribution in [0.4, 0.5) is 5.95 Å². The highest BCUT2D eigenvalue weighted by molar-refractivity contribution is 6.05. The zero-order chi connectivity index (χ0) is 14.3. The number of aryl methyl sites for hydroxylation is 2. The van der Waals surface area contributed by atoms with Gasteiger partial charge in [-0.15, -0.1) is 10.2 Å². The molecule has 0 fully saturated rings. The first-order valence-corrected chi connectivity index (χ1v) is 6.19. The molecule has 3 rings (SSSR count). The van der Waals surface area contributed by atoms with Gasteiger partial charge in [-0.2, -0.15) is 5.10 Å². The standard InChI is InChI=1S/C13H14N6O/c1-8-11(9(2)18(3)17-8)12(20)14-13-16-15-10-6-4-5-7-19(10)13/h4-7H,1-3H3,(H,14,16,20). The van der Waals surface area contributed by atoms with Crippen molar-refractivity contribution >= 4 is 17.5 Å². The Labute approximate surface area is 115 Å². The predicted molar refractivity (Wildman–Crippen MR) is 73.6 cm³/mol. The zero-order valence-electron chi connectivity index (χ0n) is 11.5. The van der Waals surface area contributed by atoms with Crippen LogP contribution in [0.15, 0.2) is 24.4 Å². The van der Waals surface area contributed by atoms with Gasteiger partial charge >= 0.3 is 0 Å². The second-order valence-electron chi connectivity index (χ2n) is 4.58. The van der Waals surface area contributed by atoms with Crippen LogP contribution in [0.3, 0.4) is 0 Å². The van der Waals surface area contributed by atoms with Crippen LogP contribution in [-0.4, -0.2) is 30.3 Å². The van der Waals surface area contributed by atoms with Gasteiger partial charge in [0.1, 0.15) is 0 Å². The molecular formula is C13H14N6O. The molecule has 1 N–H and O–H groups in total. The molecule has 0 saturated heterocycles. The molecule has 7 heteroatoms. The summed E-state index contributed by atoms with van der Waals surface area (Å²) in [6, 6.07) is 5.54. The number of amides is 1. The van der Waals surface area contributed by atoms with E-state index in [1.54, 1.807) is 15.3 Å². The second-order valence-corrected chi connectivity index (χ2v) is 4.58. The van der Waals surface area contributed by atoms with Gasteiger partial charge in [0.2, 0.25) is 5.95 Å². The van der Waals surface area contributed by atoms with Crippen molar-refractivity contribution in [3.63, 3.8) is 0 Å². The number of nitrogens with one attached hydrogen (secondary N) is 1. The highest BCUT2D eigenvalue weighted by Gasteiger charge is 2.19. The molecule has 0 atom stereocenters. The fourth-order valence-corrected chi connectivity index (χ4v) is 2.19. The molecule has 20 heavy (non-hydrogen) atoms. The molecule has 3 heterocycles. The monoisotopic (exact) mass is 270 g/mol. The Balaban J connectivity index is 1.97. The Morgan fingerprint density at radius 2 is 2.05 bits per heavy atom. The number of hydrogen-bond acceptors (Lipinski definition) is 4. The van der Waals surface area contributed by atoms with E-state index in [1.807, 2.05) is 39.1 Å². The Morgan fingerprint density at radius 1 is 1.25 bits per heavy atom. The van der Waals surface area contributed by atoms with Gasteiger partial charge in [-0.05, 0) is 26.0 Å². The maximum Gasteiger partial charge on any atom is 0.261 e. The molecule has 7 nitrogen and oxygen atoms in total. The van der Waals surface area contributed by atoms with E-state index in [2.05, 4.69) is 20.6 Å². The lowest BCUT2D eigenvalue weighted by atomic mass is 10.2. The van der Waals surface area contributed by atoms with Crippen LogP contribution in [-0.2, 0) is 7.05 Å². The van der Waals surface area contributed by atoms with E-state index in [0.29, 0.717) is 22.9 Å². The first-order chi connectivity index (χ1) is 9.58. The molecule has 0 aliphatic rings. The van der Waals surface area contributed by atoms with Gasteiger partial charge in [-0.3, -0.25) is 19.2 Å². The van der Waals surface area contributed by atoms with E-state index in [4.69, 9.17) is 0 Å². The van der Waals surface area contributed by atoms with E-state index in [0.717, 1.165) is 5.69 Å². The average molecular weight is 270 g/mol. The lowest BCUT2D eigenvalue weighted by Crippen LogP contribution is -2.16. The fraction of sp³-hybridized carbons (Fsp3) is 0.231. The number of aromatic nitrogens is 5. The molecule has 1 amide bonds. The minimum atomic E-state index is -0.230. The van der Waals surface area contributed by atoms with Gasteiger partial charge in [0, 0.05) is 18.9 Å². The number of carbonyl (C=O) groups is 1. The number of fused-ring (bicyclic) bond motifs is 1. The zero-order valence-corrected chi connectivity index (χ0v) is 11.5. The third kappa shape index (κ3) is 1.83. The van der Waals surface area contributed by atoms with Gasteiger partial charge in [0.05, 0.1) is 11.3 Å². The van der Waals surface area contributed by atoms with Gasteiger partial charge in [0.25, 0.3) is 5.91 Å². The summed E-state index contributed by atoms with van der Waals surface area (Å²) in [5.74, 6) is 0.166. The maximum atomic E-state index is 12.4. The molecule has 0 aromatic carbocycles. The third-order valence-corrected chi connectivity index (χ3v) is 3.28. The Kier molecular flexibility index (Phi) is 2.74. The van der Waals surface area contributed by atoms with Crippen LogP contribution in [0.1, 0.15) is 21.7 Å². The quantitative estimate of drug-likeness (QED) is 0.762. The molecule has 102 valence electrons. The third-order valence-electron chi connectivity index (χ3n) is 3.28. The van der Waals surface area contributed by atoms with Gasteiger partial charge < -0.3 is 0 Å². The summed E-state index contributed by atoms with van der Waals surface area (Å²) in [7, 11) is 1.81. The summed E-state index contributed by atoms with van der Waals surface area (Å²) in [6.07, 6.45) is 1.80. The maximum absolute atomic E-state index is 12.4. The highest BCUT2D eigenvalue weighted by Crippen LogP contribution is 2.15. The highest BCUT2D eigenvalue weighted by atomic mass is 16.1. The van der Waals surface area contributed by atoms with E-state index in [-0.39, 0.29) is 5.91 Å². The van der Waals surface area contributed by atoms with Crippen molar-refractivity contribution < 1.29 is 4.79 Å². The number of pyridine rings is 1. The molecule has 0 bridgehead atoms. The van der Waals surface area contributed by atoms with Crippen LogP contribution < -0.4 is 5.32 Å².